The van der Waals surface area contributed by atoms with Crippen LogP contribution in [0.25, 0.3) is 0 Å². The molecule has 2 aliphatic rings. The van der Waals surface area contributed by atoms with Gasteiger partial charge >= 0.3 is 0 Å². The van der Waals surface area contributed by atoms with Gasteiger partial charge in [0.2, 0.25) is 5.91 Å². The lowest BCUT2D eigenvalue weighted by Crippen LogP contribution is -2.52. The van der Waals surface area contributed by atoms with E-state index >= 15 is 0 Å². The minimum Gasteiger partial charge on any atom is -0.361 e. The van der Waals surface area contributed by atoms with Crippen molar-refractivity contribution in [2.45, 2.75) is 32.7 Å². The van der Waals surface area contributed by atoms with E-state index in [9.17, 15) is 13.2 Å². The molecule has 3 heterocycles. The Hall–Kier alpha value is -1.41. The minimum absolute atomic E-state index is 0.0816. The third kappa shape index (κ3) is 3.58. The van der Waals surface area contributed by atoms with E-state index in [4.69, 9.17) is 4.52 Å². The van der Waals surface area contributed by atoms with Gasteiger partial charge in [-0.15, -0.1) is 0 Å². The van der Waals surface area contributed by atoms with Crippen LogP contribution >= 0.6 is 0 Å². The molecule has 1 aromatic heterocycles. The Morgan fingerprint density at radius 2 is 1.96 bits per heavy atom. The molecule has 7 nitrogen and oxygen atoms in total. The summed E-state index contributed by atoms with van der Waals surface area (Å²) in [6, 6.07) is 0.125. The molecule has 0 radical (unpaired) electrons. The summed E-state index contributed by atoms with van der Waals surface area (Å²) >= 11 is 0. The quantitative estimate of drug-likeness (QED) is 0.779. The number of piperazine rings is 1. The maximum absolute atomic E-state index is 12.4. The lowest BCUT2D eigenvalue weighted by atomic mass is 10.1. The van der Waals surface area contributed by atoms with Gasteiger partial charge in [-0.2, -0.15) is 0 Å². The Kier molecular flexibility index (Phi) is 4.46. The third-order valence-electron chi connectivity index (χ3n) is 4.90. The smallest absolute Gasteiger partial charge is 0.227 e. The summed E-state index contributed by atoms with van der Waals surface area (Å²) in [7, 11) is -2.86. The van der Waals surface area contributed by atoms with E-state index in [0.29, 0.717) is 31.0 Å². The second kappa shape index (κ2) is 6.24. The van der Waals surface area contributed by atoms with Gasteiger partial charge in [0.05, 0.1) is 23.6 Å². The topological polar surface area (TPSA) is 83.7 Å². The van der Waals surface area contributed by atoms with Crippen LogP contribution in [0.1, 0.15) is 23.4 Å². The third-order valence-corrected chi connectivity index (χ3v) is 6.65. The zero-order valence-electron chi connectivity index (χ0n) is 13.6. The SMILES string of the molecule is Cc1noc(C)c1CC(=O)N1CCN([C@@H]2CCS(=O)(=O)C2)CC1. The highest BCUT2D eigenvalue weighted by molar-refractivity contribution is 7.91. The number of carbonyl (C=O) groups is 1. The molecule has 3 rings (SSSR count). The fourth-order valence-electron chi connectivity index (χ4n) is 3.42. The molecule has 2 fully saturated rings. The maximum Gasteiger partial charge on any atom is 0.227 e. The summed E-state index contributed by atoms with van der Waals surface area (Å²) in [6.45, 7) is 6.46. The average molecular weight is 341 g/mol. The number of hydrogen-bond donors (Lipinski definition) is 0. The van der Waals surface area contributed by atoms with Crippen molar-refractivity contribution < 1.29 is 17.7 Å². The van der Waals surface area contributed by atoms with Crippen molar-refractivity contribution in [1.82, 2.24) is 15.0 Å². The van der Waals surface area contributed by atoms with Crippen molar-refractivity contribution in [3.63, 3.8) is 0 Å². The Labute approximate surface area is 136 Å². The Morgan fingerprint density at radius 1 is 1.26 bits per heavy atom. The summed E-state index contributed by atoms with van der Waals surface area (Å²) in [6.07, 6.45) is 1.04. The van der Waals surface area contributed by atoms with Gasteiger partial charge < -0.3 is 9.42 Å². The van der Waals surface area contributed by atoms with Crippen LogP contribution in [-0.2, 0) is 21.1 Å². The lowest BCUT2D eigenvalue weighted by Gasteiger charge is -2.37. The minimum atomic E-state index is -2.86. The second-order valence-electron chi connectivity index (χ2n) is 6.45. The van der Waals surface area contributed by atoms with Crippen LogP contribution in [0.4, 0.5) is 0 Å². The largest absolute Gasteiger partial charge is 0.361 e. The zero-order chi connectivity index (χ0) is 16.6. The summed E-state index contributed by atoms with van der Waals surface area (Å²) in [5, 5.41) is 3.88. The second-order valence-corrected chi connectivity index (χ2v) is 8.68. The average Bonchev–Trinajstić information content (AvgIpc) is 3.04. The molecule has 1 atom stereocenters. The molecule has 1 aromatic rings. The number of rotatable bonds is 3. The van der Waals surface area contributed by atoms with E-state index in [1.807, 2.05) is 18.7 Å². The van der Waals surface area contributed by atoms with Gasteiger partial charge in [-0.1, -0.05) is 5.16 Å². The molecule has 23 heavy (non-hydrogen) atoms. The van der Waals surface area contributed by atoms with E-state index in [0.717, 1.165) is 30.8 Å². The van der Waals surface area contributed by atoms with E-state index in [1.165, 1.54) is 0 Å². The van der Waals surface area contributed by atoms with Crippen molar-refractivity contribution in [3.05, 3.63) is 17.0 Å². The van der Waals surface area contributed by atoms with Crippen LogP contribution in [0, 0.1) is 13.8 Å². The molecular weight excluding hydrogens is 318 g/mol. The van der Waals surface area contributed by atoms with Gasteiger partial charge in [0.25, 0.3) is 0 Å². The highest BCUT2D eigenvalue weighted by Gasteiger charge is 2.34. The highest BCUT2D eigenvalue weighted by atomic mass is 32.2. The maximum atomic E-state index is 12.4. The predicted molar refractivity (Wildman–Crippen MR) is 84.9 cm³/mol. The molecule has 0 aliphatic carbocycles. The van der Waals surface area contributed by atoms with Crippen LogP contribution < -0.4 is 0 Å². The van der Waals surface area contributed by atoms with Gasteiger partial charge in [0.1, 0.15) is 5.76 Å². The molecular formula is C15H23N3O4S. The molecule has 128 valence electrons. The molecule has 2 saturated heterocycles. The van der Waals surface area contributed by atoms with E-state index in [-0.39, 0.29) is 17.7 Å². The number of hydrogen-bond acceptors (Lipinski definition) is 6. The van der Waals surface area contributed by atoms with Crippen LogP contribution in [0.3, 0.4) is 0 Å². The fraction of sp³-hybridized carbons (Fsp3) is 0.733. The normalized spacial score (nSPS) is 25.0. The Balaban J connectivity index is 1.54. The van der Waals surface area contributed by atoms with Gasteiger partial charge in [-0.3, -0.25) is 9.69 Å². The predicted octanol–water partition coefficient (Wildman–Crippen LogP) is 0.165. The molecule has 1 amide bonds. The van der Waals surface area contributed by atoms with Crippen molar-refractivity contribution in [2.75, 3.05) is 37.7 Å². The van der Waals surface area contributed by atoms with Crippen LogP contribution in [0.15, 0.2) is 4.52 Å². The molecule has 2 aliphatic heterocycles. The fourth-order valence-corrected chi connectivity index (χ4v) is 5.18. The van der Waals surface area contributed by atoms with Gasteiger partial charge in [0, 0.05) is 37.8 Å². The molecule has 0 spiro atoms. The summed E-state index contributed by atoms with van der Waals surface area (Å²) in [4.78, 5) is 16.5. The monoisotopic (exact) mass is 341 g/mol. The first-order valence-corrected chi connectivity index (χ1v) is 9.82. The lowest BCUT2D eigenvalue weighted by molar-refractivity contribution is -0.132. The first-order chi connectivity index (χ1) is 10.9. The first-order valence-electron chi connectivity index (χ1n) is 8.00. The number of sulfone groups is 1. The molecule has 0 N–H and O–H groups in total. The van der Waals surface area contributed by atoms with Crippen molar-refractivity contribution in [3.8, 4) is 0 Å². The number of amides is 1. The Morgan fingerprint density at radius 3 is 2.48 bits per heavy atom. The van der Waals surface area contributed by atoms with Crippen LogP contribution in [0.2, 0.25) is 0 Å². The number of nitrogens with zero attached hydrogens (tertiary/aromatic N) is 3. The molecule has 0 aromatic carbocycles. The summed E-state index contributed by atoms with van der Waals surface area (Å²) in [5.41, 5.74) is 1.64. The highest BCUT2D eigenvalue weighted by Crippen LogP contribution is 2.20. The van der Waals surface area contributed by atoms with Crippen LogP contribution in [-0.4, -0.2) is 73.0 Å². The zero-order valence-corrected chi connectivity index (χ0v) is 14.4. The standard InChI is InChI=1S/C15H23N3O4S/c1-11-14(12(2)22-16-11)9-15(19)18-6-4-17(5-7-18)13-3-8-23(20,21)10-13/h13H,3-10H2,1-2H3/t13-/m1/s1. The van der Waals surface area contributed by atoms with Crippen molar-refractivity contribution in [2.24, 2.45) is 0 Å². The number of aromatic nitrogens is 1. The molecule has 0 bridgehead atoms. The van der Waals surface area contributed by atoms with E-state index in [1.54, 1.807) is 0 Å². The first kappa shape index (κ1) is 16.4. The molecule has 0 unspecified atom stereocenters. The number of aryl methyl sites for hydroxylation is 2. The van der Waals surface area contributed by atoms with Gasteiger partial charge in [-0.25, -0.2) is 8.42 Å². The molecule has 0 saturated carbocycles. The summed E-state index contributed by atoms with van der Waals surface area (Å²) in [5.74, 6) is 1.34. The van der Waals surface area contributed by atoms with E-state index < -0.39 is 9.84 Å². The number of carbonyl (C=O) groups excluding carboxylic acids is 1. The van der Waals surface area contributed by atoms with Gasteiger partial charge in [0.15, 0.2) is 9.84 Å². The van der Waals surface area contributed by atoms with Gasteiger partial charge in [-0.05, 0) is 20.3 Å². The molecule has 8 heteroatoms. The Bertz CT molecular complexity index is 670. The van der Waals surface area contributed by atoms with Crippen LogP contribution in [0.5, 0.6) is 0 Å². The summed E-state index contributed by atoms with van der Waals surface area (Å²) < 4.78 is 28.3. The van der Waals surface area contributed by atoms with Crippen molar-refractivity contribution >= 4 is 15.7 Å². The van der Waals surface area contributed by atoms with E-state index in [2.05, 4.69) is 10.1 Å². The van der Waals surface area contributed by atoms with Crippen molar-refractivity contribution in [1.29, 1.82) is 0 Å².